The lowest BCUT2D eigenvalue weighted by atomic mass is 9.56. The van der Waals surface area contributed by atoms with Crippen LogP contribution in [0.1, 0.15) is 28.4 Å². The van der Waals surface area contributed by atoms with Crippen molar-refractivity contribution >= 4 is 29.0 Å². The van der Waals surface area contributed by atoms with Gasteiger partial charge in [0.05, 0.1) is 23.6 Å². The molecule has 7 N–H and O–H groups in total. The molecule has 1 saturated carbocycles. The van der Waals surface area contributed by atoms with Crippen LogP contribution in [0.4, 0.5) is 0 Å². The summed E-state index contributed by atoms with van der Waals surface area (Å²) in [5.41, 5.74) is 2.52. The minimum absolute atomic E-state index is 0.137. The van der Waals surface area contributed by atoms with Crippen LogP contribution in [0.5, 0.6) is 5.75 Å². The summed E-state index contributed by atoms with van der Waals surface area (Å²) in [6.07, 6.45) is -0.279. The van der Waals surface area contributed by atoms with Crippen molar-refractivity contribution in [2.75, 3.05) is 14.1 Å². The van der Waals surface area contributed by atoms with Gasteiger partial charge >= 0.3 is 0 Å². The van der Waals surface area contributed by atoms with E-state index in [9.17, 15) is 44.7 Å². The minimum Gasteiger partial charge on any atom is -0.508 e. The standard InChI is InChI=1S/C29H27N2O9/c1-11(32)12-4-6-13(7-5-12)14-8-9-17(33)18-15(14)10-16-19(24(18)35)26(37)29(40)21(23(16)34)22(31(2)3)25(36)20(27(29)38)28(30)39/h4-10,16,21-23,33-35,38,40H,1-3H3,(H2,30,39)/t16-,21-,22+,23+,29+/m1/s1. The normalized spacial score (nSPS) is 27.9. The highest BCUT2D eigenvalue weighted by Crippen LogP contribution is 2.54. The quantitative estimate of drug-likeness (QED) is 0.235. The number of carbonyl (C=O) groups is 4. The second-order valence-corrected chi connectivity index (χ2v) is 10.5. The van der Waals surface area contributed by atoms with E-state index in [1.54, 1.807) is 30.3 Å². The van der Waals surface area contributed by atoms with Gasteiger partial charge in [-0.25, -0.2) is 0 Å². The first-order chi connectivity index (χ1) is 18.7. The summed E-state index contributed by atoms with van der Waals surface area (Å²) in [6, 6.07) is 7.99. The SMILES string of the molecule is CC(=O)c1ccc(-c2ccc(O)c3c2[CH][C@@H]2C(=C3O)C(=O)[C@]3(O)C(O)=C(C(N)=O)C(=O)[C@@H](N(C)C)[C@@H]3[C@H]2O)cc1. The van der Waals surface area contributed by atoms with E-state index in [4.69, 9.17) is 5.73 Å². The fourth-order valence-electron chi connectivity index (χ4n) is 6.17. The van der Waals surface area contributed by atoms with Crippen molar-refractivity contribution in [2.45, 2.75) is 24.7 Å². The number of hydrogen-bond acceptors (Lipinski definition) is 10. The van der Waals surface area contributed by atoms with E-state index in [1.165, 1.54) is 38.4 Å². The molecule has 5 rings (SSSR count). The van der Waals surface area contributed by atoms with Crippen molar-refractivity contribution in [1.82, 2.24) is 4.90 Å². The van der Waals surface area contributed by atoms with Crippen LogP contribution < -0.4 is 5.73 Å². The zero-order chi connectivity index (χ0) is 29.4. The first kappa shape index (κ1) is 27.3. The summed E-state index contributed by atoms with van der Waals surface area (Å²) in [5, 5.41) is 56.3. The number of aliphatic hydroxyl groups excluding tert-OH is 3. The summed E-state index contributed by atoms with van der Waals surface area (Å²) in [6.45, 7) is 1.43. The van der Waals surface area contributed by atoms with Crippen molar-refractivity contribution in [3.63, 3.8) is 0 Å². The third kappa shape index (κ3) is 3.55. The summed E-state index contributed by atoms with van der Waals surface area (Å²) >= 11 is 0. The average Bonchev–Trinajstić information content (AvgIpc) is 2.88. The lowest BCUT2D eigenvalue weighted by Crippen LogP contribution is -2.70. The van der Waals surface area contributed by atoms with E-state index >= 15 is 0 Å². The third-order valence-corrected chi connectivity index (χ3v) is 8.06. The highest BCUT2D eigenvalue weighted by molar-refractivity contribution is 6.24. The Kier molecular flexibility index (Phi) is 6.21. The molecule has 1 radical (unpaired) electrons. The van der Waals surface area contributed by atoms with Crippen molar-refractivity contribution in [3.8, 4) is 16.9 Å². The molecule has 0 aromatic heterocycles. The molecule has 3 aliphatic rings. The molecule has 207 valence electrons. The minimum atomic E-state index is -2.98. The van der Waals surface area contributed by atoms with Crippen LogP contribution in [0.15, 0.2) is 53.3 Å². The molecule has 3 aliphatic carbocycles. The molecule has 0 unspecified atom stereocenters. The van der Waals surface area contributed by atoms with Gasteiger partial charge in [0.25, 0.3) is 5.91 Å². The second kappa shape index (κ2) is 9.12. The van der Waals surface area contributed by atoms with Crippen molar-refractivity contribution in [2.24, 2.45) is 17.6 Å². The molecule has 40 heavy (non-hydrogen) atoms. The Morgan fingerprint density at radius 1 is 1.00 bits per heavy atom. The van der Waals surface area contributed by atoms with E-state index < -0.39 is 75.5 Å². The van der Waals surface area contributed by atoms with Crippen LogP contribution in [0, 0.1) is 18.3 Å². The Bertz CT molecular complexity index is 1570. The predicted molar refractivity (Wildman–Crippen MR) is 141 cm³/mol. The van der Waals surface area contributed by atoms with Crippen LogP contribution in [0.3, 0.4) is 0 Å². The Morgan fingerprint density at radius 2 is 1.62 bits per heavy atom. The molecule has 5 atom stereocenters. The second-order valence-electron chi connectivity index (χ2n) is 10.5. The number of hydrogen-bond donors (Lipinski definition) is 6. The number of fused-ring (bicyclic) bond motifs is 3. The molecule has 11 heteroatoms. The van der Waals surface area contributed by atoms with Crippen LogP contribution in [-0.4, -0.2) is 85.5 Å². The first-order valence-corrected chi connectivity index (χ1v) is 12.4. The number of nitrogens with zero attached hydrogens (tertiary/aromatic N) is 1. The molecular weight excluding hydrogens is 520 g/mol. The van der Waals surface area contributed by atoms with Gasteiger partial charge in [0.1, 0.15) is 22.8 Å². The lowest BCUT2D eigenvalue weighted by molar-refractivity contribution is -0.167. The molecule has 2 aromatic carbocycles. The van der Waals surface area contributed by atoms with Crippen molar-refractivity contribution in [1.29, 1.82) is 0 Å². The fourth-order valence-corrected chi connectivity index (χ4v) is 6.17. The number of carbonyl (C=O) groups excluding carboxylic acids is 4. The van der Waals surface area contributed by atoms with E-state index in [2.05, 4.69) is 0 Å². The smallest absolute Gasteiger partial charge is 0.255 e. The van der Waals surface area contributed by atoms with Gasteiger partial charge in [0.2, 0.25) is 5.78 Å². The van der Waals surface area contributed by atoms with E-state index in [1.807, 2.05) is 0 Å². The summed E-state index contributed by atoms with van der Waals surface area (Å²) < 4.78 is 0. The molecule has 0 bridgehead atoms. The maximum Gasteiger partial charge on any atom is 0.255 e. The van der Waals surface area contributed by atoms with Crippen LogP contribution in [-0.2, 0) is 14.4 Å². The Morgan fingerprint density at radius 3 is 2.17 bits per heavy atom. The monoisotopic (exact) mass is 547 g/mol. The van der Waals surface area contributed by atoms with E-state index in [-0.39, 0.29) is 16.9 Å². The molecule has 0 saturated heterocycles. The van der Waals surface area contributed by atoms with Crippen LogP contribution >= 0.6 is 0 Å². The number of likely N-dealkylation sites (N-methyl/N-ethyl adjacent to an activating group) is 1. The fraction of sp³-hybridized carbons (Fsp3) is 0.276. The number of aromatic hydroxyl groups is 1. The van der Waals surface area contributed by atoms with Gasteiger partial charge < -0.3 is 31.3 Å². The number of rotatable bonds is 4. The Balaban J connectivity index is 1.75. The Hall–Kier alpha value is -4.32. The first-order valence-electron chi connectivity index (χ1n) is 12.4. The highest BCUT2D eigenvalue weighted by Gasteiger charge is 2.67. The number of amides is 1. The maximum absolute atomic E-state index is 13.9. The van der Waals surface area contributed by atoms with Gasteiger partial charge in [-0.3, -0.25) is 24.1 Å². The zero-order valence-electron chi connectivity index (χ0n) is 21.7. The molecule has 0 aliphatic heterocycles. The number of ketones is 3. The van der Waals surface area contributed by atoms with Gasteiger partial charge in [-0.15, -0.1) is 0 Å². The Labute approximate surface area is 228 Å². The molecule has 1 fully saturated rings. The van der Waals surface area contributed by atoms with Crippen LogP contribution in [0.25, 0.3) is 16.9 Å². The molecule has 0 spiro atoms. The maximum atomic E-state index is 13.9. The number of primary amides is 1. The largest absolute Gasteiger partial charge is 0.508 e. The van der Waals surface area contributed by atoms with E-state index in [0.29, 0.717) is 16.7 Å². The number of benzene rings is 2. The van der Waals surface area contributed by atoms with Crippen LogP contribution in [0.2, 0.25) is 0 Å². The van der Waals surface area contributed by atoms with Gasteiger partial charge in [-0.05, 0) is 43.8 Å². The zero-order valence-corrected chi connectivity index (χ0v) is 21.7. The third-order valence-electron chi connectivity index (χ3n) is 8.06. The lowest BCUT2D eigenvalue weighted by Gasteiger charge is -2.52. The summed E-state index contributed by atoms with van der Waals surface area (Å²) in [7, 11) is 2.87. The highest BCUT2D eigenvalue weighted by atomic mass is 16.4. The topological polar surface area (TPSA) is 199 Å². The van der Waals surface area contributed by atoms with Gasteiger partial charge in [-0.1, -0.05) is 30.3 Å². The van der Waals surface area contributed by atoms with Crippen molar-refractivity contribution < 1.29 is 44.7 Å². The average molecular weight is 548 g/mol. The number of Topliss-reactive ketones (excluding diaryl/α,β-unsaturated/α-hetero) is 3. The number of aliphatic hydroxyl groups is 4. The van der Waals surface area contributed by atoms with Gasteiger partial charge in [0, 0.05) is 23.5 Å². The predicted octanol–water partition coefficient (Wildman–Crippen LogP) is 0.814. The number of phenolic OH excluding ortho intramolecular Hbond substituents is 1. The number of phenols is 1. The van der Waals surface area contributed by atoms with E-state index in [0.717, 1.165) is 0 Å². The number of nitrogens with two attached hydrogens (primary N) is 1. The summed E-state index contributed by atoms with van der Waals surface area (Å²) in [4.78, 5) is 52.3. The summed E-state index contributed by atoms with van der Waals surface area (Å²) in [5.74, 6) is -9.12. The van der Waals surface area contributed by atoms with Gasteiger partial charge in [0.15, 0.2) is 17.2 Å². The molecule has 11 nitrogen and oxygen atoms in total. The molecule has 0 heterocycles. The molecular formula is C29H27N2O9. The van der Waals surface area contributed by atoms with Crippen molar-refractivity contribution in [3.05, 3.63) is 76.4 Å². The van der Waals surface area contributed by atoms with Gasteiger partial charge in [-0.2, -0.15) is 0 Å². The molecule has 1 amide bonds. The molecule has 2 aromatic rings.